The standard InChI is InChI=1S/C18H21N3O2/c1-21(2)17-8-7-14(11-19-17)20-18(23)15-9-12-5-3-4-6-13(12)10-16(15)22/h7-11,22H,3-6H2,1-2H3,(H,20,23). The van der Waals surface area contributed by atoms with Crippen LogP contribution in [0.15, 0.2) is 30.5 Å². The molecule has 0 aliphatic heterocycles. The summed E-state index contributed by atoms with van der Waals surface area (Å²) in [6.45, 7) is 0. The average Bonchev–Trinajstić information content (AvgIpc) is 2.54. The Morgan fingerprint density at radius 2 is 1.87 bits per heavy atom. The Morgan fingerprint density at radius 3 is 2.48 bits per heavy atom. The van der Waals surface area contributed by atoms with E-state index in [4.69, 9.17) is 0 Å². The van der Waals surface area contributed by atoms with Gasteiger partial charge in [0.2, 0.25) is 0 Å². The molecular formula is C18H21N3O2. The highest BCUT2D eigenvalue weighted by Crippen LogP contribution is 2.29. The second-order valence-electron chi connectivity index (χ2n) is 6.10. The molecule has 1 aromatic carbocycles. The molecule has 1 amide bonds. The number of rotatable bonds is 3. The van der Waals surface area contributed by atoms with Crippen LogP contribution in [0.1, 0.15) is 34.3 Å². The molecule has 2 aromatic rings. The van der Waals surface area contributed by atoms with Gasteiger partial charge >= 0.3 is 0 Å². The van der Waals surface area contributed by atoms with Crippen LogP contribution in [0.2, 0.25) is 0 Å². The number of hydrogen-bond acceptors (Lipinski definition) is 4. The van der Waals surface area contributed by atoms with Crippen LogP contribution in [-0.4, -0.2) is 30.1 Å². The third-order valence-electron chi connectivity index (χ3n) is 4.17. The van der Waals surface area contributed by atoms with Gasteiger partial charge < -0.3 is 15.3 Å². The number of nitrogens with one attached hydrogen (secondary N) is 1. The normalized spacial score (nSPS) is 13.3. The average molecular weight is 311 g/mol. The van der Waals surface area contributed by atoms with Gasteiger partial charge in [0.25, 0.3) is 5.91 Å². The zero-order valence-electron chi connectivity index (χ0n) is 13.5. The zero-order valence-corrected chi connectivity index (χ0v) is 13.5. The van der Waals surface area contributed by atoms with Crippen LogP contribution in [0.3, 0.4) is 0 Å². The summed E-state index contributed by atoms with van der Waals surface area (Å²) in [5.74, 6) is 0.552. The number of pyridine rings is 1. The summed E-state index contributed by atoms with van der Waals surface area (Å²) in [5, 5.41) is 12.9. The predicted molar refractivity (Wildman–Crippen MR) is 91.3 cm³/mol. The molecule has 1 aliphatic carbocycles. The summed E-state index contributed by atoms with van der Waals surface area (Å²) < 4.78 is 0. The first-order valence-corrected chi connectivity index (χ1v) is 7.84. The largest absolute Gasteiger partial charge is 0.507 e. The van der Waals surface area contributed by atoms with Crippen molar-refractivity contribution in [2.75, 3.05) is 24.3 Å². The van der Waals surface area contributed by atoms with E-state index in [0.717, 1.165) is 37.1 Å². The highest BCUT2D eigenvalue weighted by Gasteiger charge is 2.17. The van der Waals surface area contributed by atoms with Gasteiger partial charge in [-0.25, -0.2) is 4.98 Å². The van der Waals surface area contributed by atoms with Crippen molar-refractivity contribution < 1.29 is 9.90 Å². The predicted octanol–water partition coefficient (Wildman–Crippen LogP) is 2.98. The van der Waals surface area contributed by atoms with Crippen LogP contribution < -0.4 is 10.2 Å². The van der Waals surface area contributed by atoms with Crippen LogP contribution in [-0.2, 0) is 12.8 Å². The molecule has 23 heavy (non-hydrogen) atoms. The number of hydrogen-bond donors (Lipinski definition) is 2. The lowest BCUT2D eigenvalue weighted by Crippen LogP contribution is -2.15. The van der Waals surface area contributed by atoms with Crippen molar-refractivity contribution in [3.05, 3.63) is 47.2 Å². The zero-order chi connectivity index (χ0) is 16.4. The Hall–Kier alpha value is -2.56. The lowest BCUT2D eigenvalue weighted by Gasteiger charge is -2.17. The molecule has 0 fully saturated rings. The highest BCUT2D eigenvalue weighted by atomic mass is 16.3. The molecule has 0 saturated carbocycles. The first kappa shape index (κ1) is 15.3. The van der Waals surface area contributed by atoms with Gasteiger partial charge in [-0.2, -0.15) is 0 Å². The van der Waals surface area contributed by atoms with Gasteiger partial charge in [0, 0.05) is 14.1 Å². The minimum absolute atomic E-state index is 0.0426. The number of anilines is 2. The molecule has 0 spiro atoms. The Balaban J connectivity index is 1.80. The molecule has 3 rings (SSSR count). The van der Waals surface area contributed by atoms with Crippen LogP contribution in [0, 0.1) is 0 Å². The minimum Gasteiger partial charge on any atom is -0.507 e. The quantitative estimate of drug-likeness (QED) is 0.914. The molecule has 0 unspecified atom stereocenters. The van der Waals surface area contributed by atoms with E-state index in [1.165, 1.54) is 5.56 Å². The second-order valence-corrected chi connectivity index (χ2v) is 6.10. The topological polar surface area (TPSA) is 65.5 Å². The van der Waals surface area contributed by atoms with Crippen molar-refractivity contribution in [2.24, 2.45) is 0 Å². The van der Waals surface area contributed by atoms with E-state index in [1.54, 1.807) is 18.3 Å². The number of benzene rings is 1. The third-order valence-corrected chi connectivity index (χ3v) is 4.17. The van der Waals surface area contributed by atoms with Gasteiger partial charge in [-0.1, -0.05) is 0 Å². The number of amides is 1. The van der Waals surface area contributed by atoms with E-state index in [-0.39, 0.29) is 11.7 Å². The molecule has 5 heteroatoms. The fourth-order valence-electron chi connectivity index (χ4n) is 2.88. The van der Waals surface area contributed by atoms with Gasteiger partial charge in [0.15, 0.2) is 0 Å². The smallest absolute Gasteiger partial charge is 0.259 e. The fourth-order valence-corrected chi connectivity index (χ4v) is 2.88. The number of phenolic OH excluding ortho intramolecular Hbond substituents is 1. The van der Waals surface area contributed by atoms with Gasteiger partial charge in [0.1, 0.15) is 11.6 Å². The molecule has 0 atom stereocenters. The number of aromatic nitrogens is 1. The second kappa shape index (κ2) is 6.28. The number of nitrogens with zero attached hydrogens (tertiary/aromatic N) is 2. The van der Waals surface area contributed by atoms with Crippen molar-refractivity contribution >= 4 is 17.4 Å². The minimum atomic E-state index is -0.310. The summed E-state index contributed by atoms with van der Waals surface area (Å²) >= 11 is 0. The lowest BCUT2D eigenvalue weighted by atomic mass is 9.90. The summed E-state index contributed by atoms with van der Waals surface area (Å²) in [6.07, 6.45) is 5.83. The number of aryl methyl sites for hydroxylation is 2. The van der Waals surface area contributed by atoms with Gasteiger partial charge in [-0.15, -0.1) is 0 Å². The SMILES string of the molecule is CN(C)c1ccc(NC(=O)c2cc3c(cc2O)CCCC3)cn1. The molecule has 1 heterocycles. The summed E-state index contributed by atoms with van der Waals surface area (Å²) in [6, 6.07) is 7.19. The third kappa shape index (κ3) is 3.28. The molecule has 0 bridgehead atoms. The Morgan fingerprint density at radius 1 is 1.17 bits per heavy atom. The molecule has 1 aromatic heterocycles. The fraction of sp³-hybridized carbons (Fsp3) is 0.333. The van der Waals surface area contributed by atoms with Crippen LogP contribution in [0.4, 0.5) is 11.5 Å². The summed E-state index contributed by atoms with van der Waals surface area (Å²) in [5.41, 5.74) is 3.25. The van der Waals surface area contributed by atoms with Gasteiger partial charge in [-0.05, 0) is 61.1 Å². The van der Waals surface area contributed by atoms with Crippen molar-refractivity contribution in [2.45, 2.75) is 25.7 Å². The molecule has 1 aliphatic rings. The Kier molecular flexibility index (Phi) is 4.19. The Labute approximate surface area is 136 Å². The van der Waals surface area contributed by atoms with Crippen LogP contribution in [0.25, 0.3) is 0 Å². The number of phenols is 1. The first-order chi connectivity index (χ1) is 11.0. The lowest BCUT2D eigenvalue weighted by molar-refractivity contribution is 0.102. The molecule has 0 radical (unpaired) electrons. The summed E-state index contributed by atoms with van der Waals surface area (Å²) in [4.78, 5) is 18.6. The number of aromatic hydroxyl groups is 1. The molecule has 5 nitrogen and oxygen atoms in total. The van der Waals surface area contributed by atoms with Crippen LogP contribution in [0.5, 0.6) is 5.75 Å². The maximum Gasteiger partial charge on any atom is 0.259 e. The van der Waals surface area contributed by atoms with E-state index in [1.807, 2.05) is 31.1 Å². The first-order valence-electron chi connectivity index (χ1n) is 7.84. The number of fused-ring (bicyclic) bond motifs is 1. The monoisotopic (exact) mass is 311 g/mol. The number of carbonyl (C=O) groups is 1. The van der Waals surface area contributed by atoms with Crippen LogP contribution >= 0.6 is 0 Å². The van der Waals surface area contributed by atoms with E-state index in [2.05, 4.69) is 10.3 Å². The van der Waals surface area contributed by atoms with Crippen molar-refractivity contribution in [1.82, 2.24) is 4.98 Å². The Bertz CT molecular complexity index is 724. The van der Waals surface area contributed by atoms with Crippen molar-refractivity contribution in [3.8, 4) is 5.75 Å². The van der Waals surface area contributed by atoms with E-state index < -0.39 is 0 Å². The maximum atomic E-state index is 12.4. The number of carbonyl (C=O) groups excluding carboxylic acids is 1. The molecule has 2 N–H and O–H groups in total. The van der Waals surface area contributed by atoms with E-state index in [9.17, 15) is 9.90 Å². The van der Waals surface area contributed by atoms with Crippen molar-refractivity contribution in [3.63, 3.8) is 0 Å². The maximum absolute atomic E-state index is 12.4. The van der Waals surface area contributed by atoms with Crippen molar-refractivity contribution in [1.29, 1.82) is 0 Å². The van der Waals surface area contributed by atoms with E-state index >= 15 is 0 Å². The molecule has 120 valence electrons. The molecule has 0 saturated heterocycles. The highest BCUT2D eigenvalue weighted by molar-refractivity contribution is 6.06. The van der Waals surface area contributed by atoms with Gasteiger partial charge in [-0.3, -0.25) is 4.79 Å². The van der Waals surface area contributed by atoms with Gasteiger partial charge in [0.05, 0.1) is 17.4 Å². The molecular weight excluding hydrogens is 290 g/mol. The van der Waals surface area contributed by atoms with E-state index in [0.29, 0.717) is 11.3 Å². The summed E-state index contributed by atoms with van der Waals surface area (Å²) in [7, 11) is 3.82.